The molecule has 2 heterocycles. The van der Waals surface area contributed by atoms with Gasteiger partial charge in [0.2, 0.25) is 0 Å². The molecule has 0 radical (unpaired) electrons. The van der Waals surface area contributed by atoms with E-state index in [1.54, 1.807) is 0 Å². The summed E-state index contributed by atoms with van der Waals surface area (Å²) >= 11 is 0. The minimum atomic E-state index is 1.19. The van der Waals surface area contributed by atoms with Crippen LogP contribution in [0.2, 0.25) is 0 Å². The SMILES string of the molecule is Cn1c2ccccc2c2c3ccccc3c3c(c4ccccc4n3-c3ccccc3)c21. The minimum Gasteiger partial charge on any atom is -0.343 e. The Kier molecular flexibility index (Phi) is 3.23. The van der Waals surface area contributed by atoms with E-state index in [-0.39, 0.29) is 0 Å². The molecule has 0 amide bonds. The van der Waals surface area contributed by atoms with Gasteiger partial charge in [0.05, 0.1) is 16.6 Å². The number of aromatic nitrogens is 2. The average molecular weight is 396 g/mol. The van der Waals surface area contributed by atoms with E-state index in [2.05, 4.69) is 119 Å². The van der Waals surface area contributed by atoms with Crippen molar-refractivity contribution in [3.05, 3.63) is 103 Å². The van der Waals surface area contributed by atoms with Crippen LogP contribution in [0.15, 0.2) is 103 Å². The minimum absolute atomic E-state index is 1.19. The van der Waals surface area contributed by atoms with Gasteiger partial charge in [0.15, 0.2) is 0 Å². The molecule has 0 saturated heterocycles. The molecule has 0 unspecified atom stereocenters. The van der Waals surface area contributed by atoms with Gasteiger partial charge in [0, 0.05) is 45.2 Å². The van der Waals surface area contributed by atoms with Gasteiger partial charge in [-0.05, 0) is 29.7 Å². The Balaban J connectivity index is 1.91. The molecule has 0 bridgehead atoms. The highest BCUT2D eigenvalue weighted by atomic mass is 15.0. The topological polar surface area (TPSA) is 9.86 Å². The lowest BCUT2D eigenvalue weighted by Gasteiger charge is -2.11. The third-order valence-corrected chi connectivity index (χ3v) is 6.68. The summed E-state index contributed by atoms with van der Waals surface area (Å²) in [6.07, 6.45) is 0. The largest absolute Gasteiger partial charge is 0.343 e. The number of hydrogen-bond donors (Lipinski definition) is 0. The van der Waals surface area contributed by atoms with Crippen LogP contribution in [0.3, 0.4) is 0 Å². The maximum atomic E-state index is 2.43. The normalized spacial score (nSPS) is 12.0. The fourth-order valence-electron chi connectivity index (χ4n) is 5.45. The second-order valence-electron chi connectivity index (χ2n) is 8.26. The van der Waals surface area contributed by atoms with Crippen molar-refractivity contribution >= 4 is 54.4 Å². The van der Waals surface area contributed by atoms with Crippen molar-refractivity contribution < 1.29 is 0 Å². The molecule has 0 fully saturated rings. The monoisotopic (exact) mass is 396 g/mol. The van der Waals surface area contributed by atoms with Crippen LogP contribution in [-0.4, -0.2) is 9.13 Å². The molecule has 5 aromatic carbocycles. The van der Waals surface area contributed by atoms with Crippen molar-refractivity contribution in [2.45, 2.75) is 0 Å². The van der Waals surface area contributed by atoms with Crippen LogP contribution in [0.4, 0.5) is 0 Å². The Morgan fingerprint density at radius 2 is 1.00 bits per heavy atom. The van der Waals surface area contributed by atoms with Crippen LogP contribution in [0, 0.1) is 0 Å². The fourth-order valence-corrected chi connectivity index (χ4v) is 5.45. The van der Waals surface area contributed by atoms with E-state index in [1.807, 2.05) is 0 Å². The molecule has 7 aromatic rings. The number of fused-ring (bicyclic) bond motifs is 10. The molecule has 0 spiro atoms. The zero-order valence-electron chi connectivity index (χ0n) is 17.2. The summed E-state index contributed by atoms with van der Waals surface area (Å²) in [5, 5.41) is 7.88. The van der Waals surface area contributed by atoms with Crippen LogP contribution in [-0.2, 0) is 7.05 Å². The molecule has 2 heteroatoms. The lowest BCUT2D eigenvalue weighted by Crippen LogP contribution is -1.94. The molecular weight excluding hydrogens is 376 g/mol. The molecule has 0 aliphatic rings. The summed E-state index contributed by atoms with van der Waals surface area (Å²) in [6, 6.07) is 37.2. The zero-order chi connectivity index (χ0) is 20.5. The van der Waals surface area contributed by atoms with Gasteiger partial charge >= 0.3 is 0 Å². The molecule has 0 atom stereocenters. The Labute approximate surface area is 179 Å². The van der Waals surface area contributed by atoms with Gasteiger partial charge in [-0.15, -0.1) is 0 Å². The number of rotatable bonds is 1. The van der Waals surface area contributed by atoms with Gasteiger partial charge < -0.3 is 9.13 Å². The molecule has 2 nitrogen and oxygen atoms in total. The van der Waals surface area contributed by atoms with E-state index < -0.39 is 0 Å². The van der Waals surface area contributed by atoms with E-state index in [1.165, 1.54) is 60.1 Å². The number of nitrogens with zero attached hydrogens (tertiary/aromatic N) is 2. The van der Waals surface area contributed by atoms with E-state index in [9.17, 15) is 0 Å². The van der Waals surface area contributed by atoms with Crippen molar-refractivity contribution in [3.63, 3.8) is 0 Å². The summed E-state index contributed by atoms with van der Waals surface area (Å²) in [7, 11) is 2.20. The number of hydrogen-bond acceptors (Lipinski definition) is 0. The first-order valence-corrected chi connectivity index (χ1v) is 10.7. The van der Waals surface area contributed by atoms with Gasteiger partial charge in [0.1, 0.15) is 0 Å². The van der Waals surface area contributed by atoms with Gasteiger partial charge in [-0.3, -0.25) is 0 Å². The van der Waals surface area contributed by atoms with Crippen LogP contribution in [0.1, 0.15) is 0 Å². The Hall–Kier alpha value is -4.04. The first-order chi connectivity index (χ1) is 15.3. The van der Waals surface area contributed by atoms with Crippen molar-refractivity contribution in [3.8, 4) is 5.69 Å². The zero-order valence-corrected chi connectivity index (χ0v) is 17.2. The van der Waals surface area contributed by atoms with Crippen molar-refractivity contribution in [1.82, 2.24) is 9.13 Å². The van der Waals surface area contributed by atoms with Gasteiger partial charge in [-0.2, -0.15) is 0 Å². The highest BCUT2D eigenvalue weighted by Crippen LogP contribution is 2.45. The number of aryl methyl sites for hydroxylation is 1. The van der Waals surface area contributed by atoms with Crippen molar-refractivity contribution in [1.29, 1.82) is 0 Å². The second-order valence-corrected chi connectivity index (χ2v) is 8.26. The van der Waals surface area contributed by atoms with Crippen LogP contribution in [0.5, 0.6) is 0 Å². The van der Waals surface area contributed by atoms with Gasteiger partial charge in [0.25, 0.3) is 0 Å². The van der Waals surface area contributed by atoms with Gasteiger partial charge in [-0.1, -0.05) is 78.9 Å². The summed E-state index contributed by atoms with van der Waals surface area (Å²) in [6.45, 7) is 0. The van der Waals surface area contributed by atoms with Crippen molar-refractivity contribution in [2.75, 3.05) is 0 Å². The third kappa shape index (κ3) is 2.06. The average Bonchev–Trinajstić information content (AvgIpc) is 3.33. The summed E-state index contributed by atoms with van der Waals surface area (Å²) in [4.78, 5) is 0. The Morgan fingerprint density at radius 3 is 1.74 bits per heavy atom. The van der Waals surface area contributed by atoms with E-state index in [0.29, 0.717) is 0 Å². The lowest BCUT2D eigenvalue weighted by molar-refractivity contribution is 1.02. The fraction of sp³-hybridized carbons (Fsp3) is 0.0345. The third-order valence-electron chi connectivity index (χ3n) is 6.68. The summed E-state index contributed by atoms with van der Waals surface area (Å²) in [5.41, 5.74) is 6.29. The highest BCUT2D eigenvalue weighted by Gasteiger charge is 2.22. The molecule has 31 heavy (non-hydrogen) atoms. The lowest BCUT2D eigenvalue weighted by atomic mass is 9.99. The van der Waals surface area contributed by atoms with E-state index in [4.69, 9.17) is 0 Å². The first kappa shape index (κ1) is 16.7. The quantitative estimate of drug-likeness (QED) is 0.271. The summed E-state index contributed by atoms with van der Waals surface area (Å²) < 4.78 is 4.81. The molecular formula is C29H20N2. The first-order valence-electron chi connectivity index (χ1n) is 10.7. The van der Waals surface area contributed by atoms with Crippen molar-refractivity contribution in [2.24, 2.45) is 7.05 Å². The Bertz CT molecular complexity index is 1780. The number of benzene rings is 5. The molecule has 146 valence electrons. The Morgan fingerprint density at radius 1 is 0.452 bits per heavy atom. The van der Waals surface area contributed by atoms with Crippen LogP contribution < -0.4 is 0 Å². The van der Waals surface area contributed by atoms with Crippen LogP contribution in [0.25, 0.3) is 60.1 Å². The molecule has 0 saturated carbocycles. The van der Waals surface area contributed by atoms with E-state index >= 15 is 0 Å². The standard InChI is InChI=1S/C29H20N2/c1-30-24-17-9-7-15-22(24)26-20-13-5-6-14-21(20)28-27(29(26)30)23-16-8-10-18-25(23)31(28)19-11-3-2-4-12-19/h2-18H,1H3. The predicted octanol–water partition coefficient (Wildman–Crippen LogP) is 7.58. The van der Waals surface area contributed by atoms with Crippen LogP contribution >= 0.6 is 0 Å². The number of para-hydroxylation sites is 3. The predicted molar refractivity (Wildman–Crippen MR) is 132 cm³/mol. The molecule has 7 rings (SSSR count). The van der Waals surface area contributed by atoms with Gasteiger partial charge in [-0.25, -0.2) is 0 Å². The maximum absolute atomic E-state index is 2.43. The molecule has 2 aromatic heterocycles. The summed E-state index contributed by atoms with van der Waals surface area (Å²) in [5.74, 6) is 0. The maximum Gasteiger partial charge on any atom is 0.0640 e. The second kappa shape index (κ2) is 5.99. The molecule has 0 N–H and O–H groups in total. The smallest absolute Gasteiger partial charge is 0.0640 e. The molecule has 0 aliphatic heterocycles. The highest BCUT2D eigenvalue weighted by molar-refractivity contribution is 6.36. The molecule has 0 aliphatic carbocycles. The van der Waals surface area contributed by atoms with E-state index in [0.717, 1.165) is 0 Å².